The number of hydrogen-bond donors (Lipinski definition) is 1. The molecule has 1 heterocycles. The van der Waals surface area contributed by atoms with Gasteiger partial charge in [0.2, 0.25) is 0 Å². The Morgan fingerprint density at radius 1 is 1.39 bits per heavy atom. The van der Waals surface area contributed by atoms with E-state index in [4.69, 9.17) is 5.11 Å². The minimum absolute atomic E-state index is 0.257. The van der Waals surface area contributed by atoms with E-state index in [1.807, 2.05) is 13.8 Å². The highest BCUT2D eigenvalue weighted by Crippen LogP contribution is 2.34. The van der Waals surface area contributed by atoms with Gasteiger partial charge in [-0.3, -0.25) is 0 Å². The predicted octanol–water partition coefficient (Wildman–Crippen LogP) is 3.94. The number of thioether (sulfide) groups is 1. The Bertz CT molecular complexity index is 439. The summed E-state index contributed by atoms with van der Waals surface area (Å²) < 4.78 is 0. The number of pyridine rings is 1. The second-order valence-electron chi connectivity index (χ2n) is 5.10. The minimum Gasteiger partial charge on any atom is -0.478 e. The van der Waals surface area contributed by atoms with E-state index in [1.54, 1.807) is 23.9 Å². The number of carboxylic acids is 1. The Kier molecular flexibility index (Phi) is 4.27. The van der Waals surface area contributed by atoms with Crippen LogP contribution in [0.15, 0.2) is 17.2 Å². The van der Waals surface area contributed by atoms with Gasteiger partial charge >= 0.3 is 5.97 Å². The second-order valence-corrected chi connectivity index (χ2v) is 6.42. The molecule has 1 aliphatic carbocycles. The van der Waals surface area contributed by atoms with Crippen molar-refractivity contribution in [2.24, 2.45) is 0 Å². The van der Waals surface area contributed by atoms with Crippen molar-refractivity contribution in [2.45, 2.75) is 55.7 Å². The summed E-state index contributed by atoms with van der Waals surface area (Å²) in [5.74, 6) is -0.611. The molecule has 2 rings (SSSR count). The van der Waals surface area contributed by atoms with Crippen LogP contribution in [-0.2, 0) is 0 Å². The van der Waals surface area contributed by atoms with Crippen molar-refractivity contribution in [2.75, 3.05) is 0 Å². The molecule has 0 aliphatic heterocycles. The summed E-state index contributed by atoms with van der Waals surface area (Å²) in [6.07, 6.45) is 5.02. The average molecular weight is 265 g/mol. The monoisotopic (exact) mass is 265 g/mol. The van der Waals surface area contributed by atoms with Gasteiger partial charge in [0, 0.05) is 10.9 Å². The first-order chi connectivity index (χ1) is 8.56. The number of carboxylic acid groups (broad SMARTS) is 1. The van der Waals surface area contributed by atoms with Gasteiger partial charge in [-0.15, -0.1) is 11.8 Å². The van der Waals surface area contributed by atoms with Crippen molar-refractivity contribution in [3.05, 3.63) is 23.4 Å². The molecule has 4 heteroatoms. The minimum atomic E-state index is -0.868. The normalized spacial score (nSPS) is 16.4. The fourth-order valence-electron chi connectivity index (χ4n) is 2.18. The molecule has 0 amide bonds. The van der Waals surface area contributed by atoms with E-state index >= 15 is 0 Å². The molecule has 1 aromatic heterocycles. The van der Waals surface area contributed by atoms with Gasteiger partial charge in [0.15, 0.2) is 0 Å². The summed E-state index contributed by atoms with van der Waals surface area (Å²) in [4.78, 5) is 15.7. The predicted molar refractivity (Wildman–Crippen MR) is 73.4 cm³/mol. The molecular weight excluding hydrogens is 246 g/mol. The molecule has 1 aromatic rings. The van der Waals surface area contributed by atoms with Crippen LogP contribution in [0.25, 0.3) is 0 Å². The van der Waals surface area contributed by atoms with E-state index in [-0.39, 0.29) is 5.92 Å². The number of aromatic nitrogens is 1. The molecule has 98 valence electrons. The summed E-state index contributed by atoms with van der Waals surface area (Å²) in [6.45, 7) is 4.08. The van der Waals surface area contributed by atoms with Crippen molar-refractivity contribution in [1.82, 2.24) is 4.98 Å². The molecule has 3 nitrogen and oxygen atoms in total. The number of nitrogens with zero attached hydrogens (tertiary/aromatic N) is 1. The molecule has 0 saturated heterocycles. The number of aromatic carboxylic acids is 1. The zero-order valence-corrected chi connectivity index (χ0v) is 11.7. The third kappa shape index (κ3) is 3.25. The van der Waals surface area contributed by atoms with Crippen LogP contribution in [0.3, 0.4) is 0 Å². The molecule has 0 unspecified atom stereocenters. The van der Waals surface area contributed by atoms with Crippen molar-refractivity contribution in [3.8, 4) is 0 Å². The molecule has 0 bridgehead atoms. The lowest BCUT2D eigenvalue weighted by Crippen LogP contribution is -2.04. The van der Waals surface area contributed by atoms with Gasteiger partial charge in [0.25, 0.3) is 0 Å². The first kappa shape index (κ1) is 13.4. The number of carbonyl (C=O) groups is 1. The van der Waals surface area contributed by atoms with E-state index in [0.29, 0.717) is 10.8 Å². The first-order valence-electron chi connectivity index (χ1n) is 6.48. The highest BCUT2D eigenvalue weighted by Gasteiger charge is 2.18. The molecule has 1 N–H and O–H groups in total. The van der Waals surface area contributed by atoms with Gasteiger partial charge < -0.3 is 5.11 Å². The van der Waals surface area contributed by atoms with Crippen molar-refractivity contribution >= 4 is 17.7 Å². The standard InChI is InChI=1S/C14H19NO2S/c1-9(2)12-7-10(14(16)17)8-13(15-12)18-11-5-3-4-6-11/h7-9,11H,3-6H2,1-2H3,(H,16,17). The lowest BCUT2D eigenvalue weighted by molar-refractivity contribution is 0.0696. The van der Waals surface area contributed by atoms with Gasteiger partial charge in [-0.1, -0.05) is 26.7 Å². The quantitative estimate of drug-likeness (QED) is 0.896. The third-order valence-electron chi connectivity index (χ3n) is 3.25. The Balaban J connectivity index is 2.24. The maximum Gasteiger partial charge on any atom is 0.335 e. The molecule has 1 saturated carbocycles. The highest BCUT2D eigenvalue weighted by molar-refractivity contribution is 7.99. The van der Waals surface area contributed by atoms with Crippen LogP contribution in [0, 0.1) is 0 Å². The van der Waals surface area contributed by atoms with Crippen LogP contribution in [0.2, 0.25) is 0 Å². The van der Waals surface area contributed by atoms with Crippen LogP contribution in [0.5, 0.6) is 0 Å². The smallest absolute Gasteiger partial charge is 0.335 e. The fourth-order valence-corrected chi connectivity index (χ4v) is 3.45. The first-order valence-corrected chi connectivity index (χ1v) is 7.36. The lowest BCUT2D eigenvalue weighted by Gasteiger charge is -2.12. The van der Waals surface area contributed by atoms with Gasteiger partial charge in [-0.05, 0) is 30.9 Å². The topological polar surface area (TPSA) is 50.2 Å². The summed E-state index contributed by atoms with van der Waals surface area (Å²) >= 11 is 1.74. The number of hydrogen-bond acceptors (Lipinski definition) is 3. The van der Waals surface area contributed by atoms with Crippen molar-refractivity contribution in [1.29, 1.82) is 0 Å². The molecule has 0 spiro atoms. The molecule has 0 aromatic carbocycles. The van der Waals surface area contributed by atoms with Gasteiger partial charge in [-0.2, -0.15) is 0 Å². The molecule has 18 heavy (non-hydrogen) atoms. The lowest BCUT2D eigenvalue weighted by atomic mass is 10.1. The van der Waals surface area contributed by atoms with E-state index in [2.05, 4.69) is 4.98 Å². The summed E-state index contributed by atoms with van der Waals surface area (Å²) in [5.41, 5.74) is 1.23. The van der Waals surface area contributed by atoms with E-state index in [9.17, 15) is 4.79 Å². The summed E-state index contributed by atoms with van der Waals surface area (Å²) in [6, 6.07) is 3.39. The summed E-state index contributed by atoms with van der Waals surface area (Å²) in [5, 5.41) is 10.6. The van der Waals surface area contributed by atoms with E-state index < -0.39 is 5.97 Å². The molecule has 0 atom stereocenters. The van der Waals surface area contributed by atoms with Crippen LogP contribution in [0.1, 0.15) is 61.5 Å². The maximum atomic E-state index is 11.1. The van der Waals surface area contributed by atoms with Gasteiger partial charge in [0.1, 0.15) is 0 Å². The average Bonchev–Trinajstić information content (AvgIpc) is 2.81. The summed E-state index contributed by atoms with van der Waals surface area (Å²) in [7, 11) is 0. The van der Waals surface area contributed by atoms with Gasteiger partial charge in [-0.25, -0.2) is 9.78 Å². The zero-order chi connectivity index (χ0) is 13.1. The Morgan fingerprint density at radius 2 is 2.06 bits per heavy atom. The van der Waals surface area contributed by atoms with Gasteiger partial charge in [0.05, 0.1) is 10.6 Å². The third-order valence-corrected chi connectivity index (χ3v) is 4.51. The van der Waals surface area contributed by atoms with E-state index in [1.165, 1.54) is 25.7 Å². The van der Waals surface area contributed by atoms with Crippen LogP contribution >= 0.6 is 11.8 Å². The SMILES string of the molecule is CC(C)c1cc(C(=O)O)cc(SC2CCCC2)n1. The Hall–Kier alpha value is -1.03. The number of rotatable bonds is 4. The van der Waals surface area contributed by atoms with Crippen LogP contribution < -0.4 is 0 Å². The zero-order valence-electron chi connectivity index (χ0n) is 10.8. The molecule has 1 fully saturated rings. The molecule has 0 radical (unpaired) electrons. The van der Waals surface area contributed by atoms with Crippen LogP contribution in [-0.4, -0.2) is 21.3 Å². The van der Waals surface area contributed by atoms with E-state index in [0.717, 1.165) is 10.7 Å². The maximum absolute atomic E-state index is 11.1. The molecule has 1 aliphatic rings. The largest absolute Gasteiger partial charge is 0.478 e. The second kappa shape index (κ2) is 5.74. The Morgan fingerprint density at radius 3 is 2.61 bits per heavy atom. The highest BCUT2D eigenvalue weighted by atomic mass is 32.2. The molecular formula is C14H19NO2S. The Labute approximate surface area is 112 Å². The van der Waals surface area contributed by atoms with Crippen LogP contribution in [0.4, 0.5) is 0 Å². The fraction of sp³-hybridized carbons (Fsp3) is 0.571. The van der Waals surface area contributed by atoms with Crippen molar-refractivity contribution in [3.63, 3.8) is 0 Å². The van der Waals surface area contributed by atoms with Crippen molar-refractivity contribution < 1.29 is 9.90 Å².